The molecular formula is C27H27FN4O2. The van der Waals surface area contributed by atoms with E-state index < -0.39 is 11.9 Å². The molecular weight excluding hydrogens is 431 g/mol. The molecule has 1 heterocycles. The highest BCUT2D eigenvalue weighted by Crippen LogP contribution is 2.24. The van der Waals surface area contributed by atoms with E-state index in [-0.39, 0.29) is 11.6 Å². The van der Waals surface area contributed by atoms with Crippen molar-refractivity contribution < 1.29 is 9.18 Å². The fraction of sp³-hybridized carbons (Fsp3) is 0.222. The molecule has 0 spiro atoms. The van der Waals surface area contributed by atoms with Gasteiger partial charge in [0.1, 0.15) is 11.6 Å². The average molecular weight is 459 g/mol. The molecule has 1 atom stereocenters. The summed E-state index contributed by atoms with van der Waals surface area (Å²) in [5.74, 6) is 0.310. The van der Waals surface area contributed by atoms with E-state index in [2.05, 4.69) is 19.2 Å². The van der Waals surface area contributed by atoms with E-state index in [1.165, 1.54) is 33.7 Å². The van der Waals surface area contributed by atoms with Gasteiger partial charge in [-0.25, -0.2) is 14.2 Å². The van der Waals surface area contributed by atoms with Crippen LogP contribution in [-0.4, -0.2) is 27.5 Å². The number of anilines is 1. The van der Waals surface area contributed by atoms with Crippen LogP contribution in [0.3, 0.4) is 0 Å². The third-order valence-corrected chi connectivity index (χ3v) is 5.97. The fourth-order valence-electron chi connectivity index (χ4n) is 3.81. The normalized spacial score (nSPS) is 12.1. The summed E-state index contributed by atoms with van der Waals surface area (Å²) in [5, 5.41) is 3.37. The van der Waals surface area contributed by atoms with Gasteiger partial charge in [0.2, 0.25) is 0 Å². The van der Waals surface area contributed by atoms with Crippen molar-refractivity contribution in [3.05, 3.63) is 100 Å². The smallest absolute Gasteiger partial charge is 0.318 e. The monoisotopic (exact) mass is 458 g/mol. The predicted octanol–water partition coefficient (Wildman–Crippen LogP) is 5.87. The van der Waals surface area contributed by atoms with Gasteiger partial charge in [0.15, 0.2) is 0 Å². The number of hydrogen-bond donors (Lipinski definition) is 1. The number of fused-ring (bicyclic) bond motifs is 1. The molecule has 6 nitrogen and oxygen atoms in total. The molecule has 0 saturated carbocycles. The number of carbonyl (C=O) groups is 1. The molecule has 3 aromatic carbocycles. The minimum atomic E-state index is -0.560. The van der Waals surface area contributed by atoms with Gasteiger partial charge in [-0.1, -0.05) is 38.1 Å². The fourth-order valence-corrected chi connectivity index (χ4v) is 3.81. The van der Waals surface area contributed by atoms with Crippen molar-refractivity contribution in [2.75, 3.05) is 12.4 Å². The number of aromatic nitrogens is 2. The van der Waals surface area contributed by atoms with Crippen LogP contribution in [0.4, 0.5) is 14.9 Å². The zero-order chi connectivity index (χ0) is 24.4. The minimum absolute atomic E-state index is 0.280. The van der Waals surface area contributed by atoms with Crippen molar-refractivity contribution in [3.63, 3.8) is 0 Å². The Bertz CT molecular complexity index is 1400. The lowest BCUT2D eigenvalue weighted by atomic mass is 10.0. The van der Waals surface area contributed by atoms with Crippen LogP contribution in [0.5, 0.6) is 0 Å². The number of amides is 2. The molecule has 174 valence electrons. The number of nitrogens with one attached hydrogen (secondary N) is 1. The molecule has 0 aliphatic carbocycles. The summed E-state index contributed by atoms with van der Waals surface area (Å²) in [6, 6.07) is 19.5. The third-order valence-electron chi connectivity index (χ3n) is 5.97. The van der Waals surface area contributed by atoms with E-state index in [4.69, 9.17) is 4.98 Å². The van der Waals surface area contributed by atoms with Gasteiger partial charge < -0.3 is 10.2 Å². The Kier molecular flexibility index (Phi) is 6.45. The second-order valence-corrected chi connectivity index (χ2v) is 8.60. The zero-order valence-corrected chi connectivity index (χ0v) is 19.6. The second-order valence-electron chi connectivity index (χ2n) is 8.60. The number of benzene rings is 3. The van der Waals surface area contributed by atoms with Crippen LogP contribution in [0.15, 0.2) is 77.6 Å². The van der Waals surface area contributed by atoms with Crippen LogP contribution >= 0.6 is 0 Å². The summed E-state index contributed by atoms with van der Waals surface area (Å²) in [4.78, 5) is 32.8. The van der Waals surface area contributed by atoms with Crippen LogP contribution in [0.25, 0.3) is 16.6 Å². The quantitative estimate of drug-likeness (QED) is 0.407. The van der Waals surface area contributed by atoms with E-state index in [0.717, 1.165) is 5.56 Å². The lowest BCUT2D eigenvalue weighted by Crippen LogP contribution is -2.37. The van der Waals surface area contributed by atoms with Crippen molar-refractivity contribution in [2.45, 2.75) is 32.7 Å². The first-order valence-electron chi connectivity index (χ1n) is 11.2. The number of halogens is 1. The minimum Gasteiger partial charge on any atom is -0.318 e. The Morgan fingerprint density at radius 2 is 1.71 bits per heavy atom. The molecule has 4 rings (SSSR count). The third kappa shape index (κ3) is 4.55. The first-order chi connectivity index (χ1) is 16.3. The van der Waals surface area contributed by atoms with Crippen molar-refractivity contribution in [1.82, 2.24) is 14.5 Å². The summed E-state index contributed by atoms with van der Waals surface area (Å²) >= 11 is 0. The van der Waals surface area contributed by atoms with Gasteiger partial charge in [-0.15, -0.1) is 0 Å². The molecule has 4 aromatic rings. The van der Waals surface area contributed by atoms with E-state index in [1.807, 2.05) is 30.3 Å². The van der Waals surface area contributed by atoms with Crippen LogP contribution in [-0.2, 0) is 0 Å². The number of carbonyl (C=O) groups excluding carboxylic acids is 1. The highest BCUT2D eigenvalue weighted by molar-refractivity contribution is 5.89. The van der Waals surface area contributed by atoms with Gasteiger partial charge in [-0.3, -0.25) is 9.36 Å². The maximum Gasteiger partial charge on any atom is 0.322 e. The number of rotatable bonds is 5. The Balaban J connectivity index is 1.74. The Morgan fingerprint density at radius 3 is 2.41 bits per heavy atom. The zero-order valence-electron chi connectivity index (χ0n) is 19.6. The molecule has 0 bridgehead atoms. The highest BCUT2D eigenvalue weighted by atomic mass is 19.1. The number of urea groups is 1. The van der Waals surface area contributed by atoms with E-state index >= 15 is 0 Å². The molecule has 34 heavy (non-hydrogen) atoms. The largest absolute Gasteiger partial charge is 0.322 e. The van der Waals surface area contributed by atoms with Crippen molar-refractivity contribution in [3.8, 4) is 5.69 Å². The van der Waals surface area contributed by atoms with Gasteiger partial charge in [-0.05, 0) is 66.9 Å². The molecule has 7 heteroatoms. The summed E-state index contributed by atoms with van der Waals surface area (Å²) in [7, 11) is 1.66. The maximum absolute atomic E-state index is 13.6. The van der Waals surface area contributed by atoms with Crippen LogP contribution in [0, 0.1) is 5.82 Å². The van der Waals surface area contributed by atoms with Crippen LogP contribution in [0.2, 0.25) is 0 Å². The van der Waals surface area contributed by atoms with Crippen molar-refractivity contribution >= 4 is 22.6 Å². The maximum atomic E-state index is 13.6. The van der Waals surface area contributed by atoms with E-state index in [9.17, 15) is 14.0 Å². The molecule has 0 fully saturated rings. The number of para-hydroxylation sites is 1. The first-order valence-corrected chi connectivity index (χ1v) is 11.2. The summed E-state index contributed by atoms with van der Waals surface area (Å²) < 4.78 is 15.0. The first kappa shape index (κ1) is 23.2. The van der Waals surface area contributed by atoms with Crippen LogP contribution < -0.4 is 10.9 Å². The SMILES string of the molecule is CC(C)c1cccc(NC(=O)N(C)C(C)c2nc3ccccc3c(=O)n2-c2ccc(F)cc2)c1. The summed E-state index contributed by atoms with van der Waals surface area (Å²) in [5.41, 5.74) is 2.54. The molecule has 1 unspecified atom stereocenters. The molecule has 0 aliphatic heterocycles. The van der Waals surface area contributed by atoms with Gasteiger partial charge >= 0.3 is 6.03 Å². The molecule has 0 radical (unpaired) electrons. The average Bonchev–Trinajstić information content (AvgIpc) is 2.84. The van der Waals surface area contributed by atoms with Crippen molar-refractivity contribution in [2.24, 2.45) is 0 Å². The van der Waals surface area contributed by atoms with Gasteiger partial charge in [0.25, 0.3) is 5.56 Å². The van der Waals surface area contributed by atoms with Gasteiger partial charge in [0.05, 0.1) is 22.6 Å². The molecule has 0 saturated heterocycles. The van der Waals surface area contributed by atoms with E-state index in [1.54, 1.807) is 32.2 Å². The standard InChI is InChI=1S/C27H27FN4O2/c1-17(2)19-8-7-9-21(16-19)29-27(34)31(4)18(3)25-30-24-11-6-5-10-23(24)26(33)32(25)22-14-12-20(28)13-15-22/h5-18H,1-4H3,(H,29,34). The molecule has 0 aliphatic rings. The number of hydrogen-bond acceptors (Lipinski definition) is 3. The molecule has 2 amide bonds. The molecule has 1 N–H and O–H groups in total. The van der Waals surface area contributed by atoms with Gasteiger partial charge in [-0.2, -0.15) is 0 Å². The second kappa shape index (κ2) is 9.47. The van der Waals surface area contributed by atoms with E-state index in [0.29, 0.717) is 34.0 Å². The Labute approximate surface area is 197 Å². The topological polar surface area (TPSA) is 67.2 Å². The lowest BCUT2D eigenvalue weighted by Gasteiger charge is -2.27. The lowest BCUT2D eigenvalue weighted by molar-refractivity contribution is 0.205. The van der Waals surface area contributed by atoms with Crippen LogP contribution in [0.1, 0.15) is 44.1 Å². The summed E-state index contributed by atoms with van der Waals surface area (Å²) in [6.07, 6.45) is 0. The Morgan fingerprint density at radius 1 is 1.00 bits per heavy atom. The predicted molar refractivity (Wildman–Crippen MR) is 133 cm³/mol. The number of nitrogens with zero attached hydrogens (tertiary/aromatic N) is 3. The summed E-state index contributed by atoms with van der Waals surface area (Å²) in [6.45, 7) is 5.99. The highest BCUT2D eigenvalue weighted by Gasteiger charge is 2.24. The molecule has 1 aromatic heterocycles. The van der Waals surface area contributed by atoms with Crippen molar-refractivity contribution in [1.29, 1.82) is 0 Å². The Hall–Kier alpha value is -4.00. The van der Waals surface area contributed by atoms with Gasteiger partial charge in [0, 0.05) is 12.7 Å².